The molecule has 1 heterocycles. The van der Waals surface area contributed by atoms with E-state index in [0.29, 0.717) is 6.29 Å². The summed E-state index contributed by atoms with van der Waals surface area (Å²) in [6.07, 6.45) is -2.98. The molecule has 1 aromatic heterocycles. The van der Waals surface area contributed by atoms with Crippen molar-refractivity contribution in [2.24, 2.45) is 0 Å². The van der Waals surface area contributed by atoms with Gasteiger partial charge in [0.1, 0.15) is 0 Å². The summed E-state index contributed by atoms with van der Waals surface area (Å²) < 4.78 is 36.7. The van der Waals surface area contributed by atoms with E-state index in [2.05, 4.69) is 4.98 Å². The fourth-order valence-electron chi connectivity index (χ4n) is 1.21. The van der Waals surface area contributed by atoms with Crippen LogP contribution in [0.1, 0.15) is 28.5 Å². The maximum absolute atomic E-state index is 12.2. The number of H-pyrrole nitrogens is 1. The molecule has 5 heteroatoms. The van der Waals surface area contributed by atoms with E-state index in [1.165, 1.54) is 0 Å². The van der Waals surface area contributed by atoms with Crippen LogP contribution in [0.25, 0.3) is 0 Å². The first-order valence-corrected chi connectivity index (χ1v) is 3.73. The van der Waals surface area contributed by atoms with Crippen molar-refractivity contribution in [3.05, 3.63) is 23.0 Å². The van der Waals surface area contributed by atoms with Crippen molar-refractivity contribution in [2.45, 2.75) is 19.5 Å². The van der Waals surface area contributed by atoms with Gasteiger partial charge in [-0.05, 0) is 12.0 Å². The Morgan fingerprint density at radius 3 is 2.54 bits per heavy atom. The summed E-state index contributed by atoms with van der Waals surface area (Å²) in [5.74, 6) is 0. The van der Waals surface area contributed by atoms with E-state index >= 15 is 0 Å². The molecule has 1 aromatic rings. The van der Waals surface area contributed by atoms with Crippen molar-refractivity contribution in [2.75, 3.05) is 0 Å². The second-order valence-corrected chi connectivity index (χ2v) is 2.56. The first kappa shape index (κ1) is 9.83. The Morgan fingerprint density at radius 1 is 1.54 bits per heavy atom. The molecule has 1 N–H and O–H groups in total. The topological polar surface area (TPSA) is 32.9 Å². The zero-order valence-corrected chi connectivity index (χ0v) is 6.90. The molecule has 0 atom stereocenters. The van der Waals surface area contributed by atoms with Gasteiger partial charge in [-0.15, -0.1) is 0 Å². The number of carbonyl (C=O) groups excluding carboxylic acids is 1. The quantitative estimate of drug-likeness (QED) is 0.715. The first-order valence-electron chi connectivity index (χ1n) is 3.73. The summed E-state index contributed by atoms with van der Waals surface area (Å²) in [7, 11) is 0. The molecule has 0 saturated carbocycles. The lowest BCUT2D eigenvalue weighted by Gasteiger charge is -2.05. The zero-order valence-electron chi connectivity index (χ0n) is 6.90. The van der Waals surface area contributed by atoms with Crippen LogP contribution in [-0.4, -0.2) is 11.3 Å². The van der Waals surface area contributed by atoms with Gasteiger partial charge in [-0.25, -0.2) is 0 Å². The molecule has 0 saturated heterocycles. The number of carbonyl (C=O) groups is 1. The van der Waals surface area contributed by atoms with Crippen LogP contribution < -0.4 is 0 Å². The van der Waals surface area contributed by atoms with E-state index in [1.54, 1.807) is 6.92 Å². The molecule has 0 bridgehead atoms. The van der Waals surface area contributed by atoms with Crippen LogP contribution in [0.4, 0.5) is 13.2 Å². The van der Waals surface area contributed by atoms with Gasteiger partial charge in [-0.3, -0.25) is 4.79 Å². The highest BCUT2D eigenvalue weighted by atomic mass is 19.4. The minimum Gasteiger partial charge on any atom is -0.358 e. The summed E-state index contributed by atoms with van der Waals surface area (Å²) >= 11 is 0. The Balaban J connectivity index is 3.23. The van der Waals surface area contributed by atoms with Crippen molar-refractivity contribution in [1.29, 1.82) is 0 Å². The molecule has 0 aliphatic rings. The largest absolute Gasteiger partial charge is 0.418 e. The standard InChI is InChI=1S/C8H8F3NO/c1-2-5-6(8(9,10)11)3-12-7(5)4-13/h3-4,12H,2H2,1H3. The lowest BCUT2D eigenvalue weighted by Crippen LogP contribution is -2.06. The predicted octanol–water partition coefficient (Wildman–Crippen LogP) is 2.41. The molecule has 0 aromatic carbocycles. The Labute approximate surface area is 72.8 Å². The van der Waals surface area contributed by atoms with Crippen LogP contribution in [0.5, 0.6) is 0 Å². The molecule has 0 unspecified atom stereocenters. The van der Waals surface area contributed by atoms with Crippen molar-refractivity contribution >= 4 is 6.29 Å². The number of aromatic amines is 1. The van der Waals surface area contributed by atoms with E-state index in [4.69, 9.17) is 0 Å². The van der Waals surface area contributed by atoms with Gasteiger partial charge in [-0.1, -0.05) is 6.92 Å². The van der Waals surface area contributed by atoms with Crippen LogP contribution >= 0.6 is 0 Å². The van der Waals surface area contributed by atoms with Crippen LogP contribution in [0, 0.1) is 0 Å². The minimum absolute atomic E-state index is 0.00910. The number of halogens is 3. The summed E-state index contributed by atoms with van der Waals surface area (Å²) in [5, 5.41) is 0. The first-order chi connectivity index (χ1) is 6.00. The second kappa shape index (κ2) is 3.24. The fourth-order valence-corrected chi connectivity index (χ4v) is 1.21. The Kier molecular flexibility index (Phi) is 2.45. The molecule has 0 aliphatic heterocycles. The fraction of sp³-hybridized carbons (Fsp3) is 0.375. The van der Waals surface area contributed by atoms with Gasteiger partial charge in [-0.2, -0.15) is 13.2 Å². The highest BCUT2D eigenvalue weighted by Gasteiger charge is 2.34. The third kappa shape index (κ3) is 1.74. The smallest absolute Gasteiger partial charge is 0.358 e. The molecule has 2 nitrogen and oxygen atoms in total. The molecule has 0 radical (unpaired) electrons. The summed E-state index contributed by atoms with van der Waals surface area (Å²) in [4.78, 5) is 12.6. The van der Waals surface area contributed by atoms with Crippen LogP contribution in [0.15, 0.2) is 6.20 Å². The van der Waals surface area contributed by atoms with E-state index in [0.717, 1.165) is 6.20 Å². The number of aromatic nitrogens is 1. The Bertz CT molecular complexity index is 314. The van der Waals surface area contributed by atoms with Crippen molar-refractivity contribution in [3.8, 4) is 0 Å². The predicted molar refractivity (Wildman–Crippen MR) is 40.6 cm³/mol. The molecule has 13 heavy (non-hydrogen) atoms. The highest BCUT2D eigenvalue weighted by molar-refractivity contribution is 5.75. The van der Waals surface area contributed by atoms with Crippen molar-refractivity contribution in [1.82, 2.24) is 4.98 Å². The summed E-state index contributed by atoms with van der Waals surface area (Å²) in [5.41, 5.74) is -0.713. The van der Waals surface area contributed by atoms with Gasteiger partial charge in [0.15, 0.2) is 6.29 Å². The normalized spacial score (nSPS) is 11.7. The molecule has 0 amide bonds. The SMILES string of the molecule is CCc1c(C(F)(F)F)c[nH]c1C=O. The van der Waals surface area contributed by atoms with Crippen LogP contribution in [-0.2, 0) is 12.6 Å². The Morgan fingerprint density at radius 2 is 2.15 bits per heavy atom. The molecule has 0 spiro atoms. The monoisotopic (exact) mass is 191 g/mol. The zero-order chi connectivity index (χ0) is 10.1. The molecule has 0 fully saturated rings. The number of alkyl halides is 3. The molecular weight excluding hydrogens is 183 g/mol. The molecule has 72 valence electrons. The molecular formula is C8H8F3NO. The van der Waals surface area contributed by atoms with Gasteiger partial charge in [0.25, 0.3) is 0 Å². The van der Waals surface area contributed by atoms with Gasteiger partial charge in [0.05, 0.1) is 11.3 Å². The third-order valence-electron chi connectivity index (χ3n) is 1.80. The van der Waals surface area contributed by atoms with Crippen LogP contribution in [0.3, 0.4) is 0 Å². The van der Waals surface area contributed by atoms with E-state index in [-0.39, 0.29) is 17.7 Å². The van der Waals surface area contributed by atoms with Gasteiger partial charge in [0, 0.05) is 6.20 Å². The van der Waals surface area contributed by atoms with Gasteiger partial charge >= 0.3 is 6.18 Å². The molecule has 1 rings (SSSR count). The Hall–Kier alpha value is -1.26. The van der Waals surface area contributed by atoms with Gasteiger partial charge in [0.2, 0.25) is 0 Å². The second-order valence-electron chi connectivity index (χ2n) is 2.56. The minimum atomic E-state index is -4.39. The maximum Gasteiger partial charge on any atom is 0.418 e. The lowest BCUT2D eigenvalue weighted by atomic mass is 10.1. The van der Waals surface area contributed by atoms with E-state index in [1.807, 2.05) is 0 Å². The van der Waals surface area contributed by atoms with Crippen molar-refractivity contribution < 1.29 is 18.0 Å². The van der Waals surface area contributed by atoms with E-state index < -0.39 is 11.7 Å². The molecule has 0 aliphatic carbocycles. The number of hydrogen-bond donors (Lipinski definition) is 1. The summed E-state index contributed by atoms with van der Waals surface area (Å²) in [6.45, 7) is 1.57. The average molecular weight is 191 g/mol. The number of rotatable bonds is 2. The number of hydrogen-bond acceptors (Lipinski definition) is 1. The summed E-state index contributed by atoms with van der Waals surface area (Å²) in [6, 6.07) is 0. The van der Waals surface area contributed by atoms with Crippen molar-refractivity contribution in [3.63, 3.8) is 0 Å². The highest BCUT2D eigenvalue weighted by Crippen LogP contribution is 2.33. The van der Waals surface area contributed by atoms with E-state index in [9.17, 15) is 18.0 Å². The van der Waals surface area contributed by atoms with Crippen LogP contribution in [0.2, 0.25) is 0 Å². The number of aldehydes is 1. The third-order valence-corrected chi connectivity index (χ3v) is 1.80. The van der Waals surface area contributed by atoms with Gasteiger partial charge < -0.3 is 4.98 Å². The average Bonchev–Trinajstić information content (AvgIpc) is 2.45. The number of nitrogens with one attached hydrogen (secondary N) is 1. The lowest BCUT2D eigenvalue weighted by molar-refractivity contribution is -0.138. The maximum atomic E-state index is 12.2.